The number of para-hydroxylation sites is 1. The van der Waals surface area contributed by atoms with Crippen LogP contribution in [0.15, 0.2) is 78.9 Å². The number of carbonyl (C=O) groups is 1. The smallest absolute Gasteiger partial charge is 0.322 e. The van der Waals surface area contributed by atoms with Gasteiger partial charge in [0.2, 0.25) is 0 Å². The first-order chi connectivity index (χ1) is 20.3. The van der Waals surface area contributed by atoms with E-state index in [2.05, 4.69) is 9.88 Å². The molecule has 0 amide bonds. The van der Waals surface area contributed by atoms with E-state index in [0.717, 1.165) is 32.0 Å². The summed E-state index contributed by atoms with van der Waals surface area (Å²) in [4.78, 5) is 20.8. The van der Waals surface area contributed by atoms with Crippen LogP contribution < -0.4 is 9.04 Å². The molecule has 9 nitrogen and oxygen atoms in total. The lowest BCUT2D eigenvalue weighted by Gasteiger charge is -2.39. The van der Waals surface area contributed by atoms with Gasteiger partial charge in [0.1, 0.15) is 24.2 Å². The molecule has 42 heavy (non-hydrogen) atoms. The number of halogens is 1. The molecule has 0 spiro atoms. The SMILES string of the molecule is Cc1cc(COc2ccc(N(CC(C(=O)O)N3CCN(Cc4ccc(F)cc4)CC3)S(=O)[O-])cc2)c2ccccc2n1. The Balaban J connectivity index is 1.21. The molecule has 0 aliphatic carbocycles. The first-order valence-electron chi connectivity index (χ1n) is 13.7. The van der Waals surface area contributed by atoms with Crippen molar-refractivity contribution in [2.75, 3.05) is 37.0 Å². The second kappa shape index (κ2) is 13.4. The Kier molecular flexibility index (Phi) is 9.43. The van der Waals surface area contributed by atoms with E-state index < -0.39 is 23.3 Å². The van der Waals surface area contributed by atoms with Crippen molar-refractivity contribution < 1.29 is 27.8 Å². The number of ether oxygens (including phenoxy) is 1. The van der Waals surface area contributed by atoms with Crippen molar-refractivity contribution in [3.05, 3.63) is 102 Å². The van der Waals surface area contributed by atoms with Crippen molar-refractivity contribution in [2.45, 2.75) is 26.1 Å². The first kappa shape index (κ1) is 29.6. The number of aryl methyl sites for hydroxylation is 1. The van der Waals surface area contributed by atoms with Crippen LogP contribution in [0.5, 0.6) is 5.75 Å². The number of aliphatic carboxylic acids is 1. The Hall–Kier alpha value is -3.90. The van der Waals surface area contributed by atoms with Gasteiger partial charge in [-0.05, 0) is 61.0 Å². The summed E-state index contributed by atoms with van der Waals surface area (Å²) in [6, 6.07) is 21.7. The Morgan fingerprint density at radius 2 is 1.76 bits per heavy atom. The highest BCUT2D eigenvalue weighted by Crippen LogP contribution is 2.25. The van der Waals surface area contributed by atoms with E-state index in [-0.39, 0.29) is 12.4 Å². The molecule has 11 heteroatoms. The predicted octanol–water partition coefficient (Wildman–Crippen LogP) is 4.13. The maximum atomic E-state index is 13.2. The monoisotopic (exact) mass is 591 g/mol. The van der Waals surface area contributed by atoms with E-state index >= 15 is 0 Å². The number of carboxylic acid groups (broad SMARTS) is 1. The van der Waals surface area contributed by atoms with Crippen LogP contribution in [-0.4, -0.2) is 73.4 Å². The van der Waals surface area contributed by atoms with Crippen molar-refractivity contribution in [2.24, 2.45) is 0 Å². The summed E-state index contributed by atoms with van der Waals surface area (Å²) in [5.74, 6) is -0.817. The van der Waals surface area contributed by atoms with Crippen LogP contribution in [0.3, 0.4) is 0 Å². The van der Waals surface area contributed by atoms with Crippen molar-refractivity contribution in [3.8, 4) is 5.75 Å². The lowest BCUT2D eigenvalue weighted by atomic mass is 10.1. The molecule has 1 fully saturated rings. The number of pyridine rings is 1. The number of piperazine rings is 1. The van der Waals surface area contributed by atoms with Gasteiger partial charge in [0.25, 0.3) is 0 Å². The molecule has 3 aromatic carbocycles. The summed E-state index contributed by atoms with van der Waals surface area (Å²) in [6.07, 6.45) is 0. The van der Waals surface area contributed by atoms with Gasteiger partial charge in [0.15, 0.2) is 0 Å². The number of carboxylic acids is 1. The molecule has 5 rings (SSSR count). The lowest BCUT2D eigenvalue weighted by molar-refractivity contribution is -0.143. The van der Waals surface area contributed by atoms with Crippen LogP contribution >= 0.6 is 0 Å². The molecular formula is C31H32FN4O5S-. The molecule has 0 bridgehead atoms. The molecule has 4 aromatic rings. The van der Waals surface area contributed by atoms with Gasteiger partial charge in [-0.2, -0.15) is 0 Å². The Labute approximate surface area is 246 Å². The van der Waals surface area contributed by atoms with E-state index in [0.29, 0.717) is 50.8 Å². The van der Waals surface area contributed by atoms with Gasteiger partial charge in [0.05, 0.1) is 12.1 Å². The fourth-order valence-electron chi connectivity index (χ4n) is 5.22. The van der Waals surface area contributed by atoms with Gasteiger partial charge in [-0.15, -0.1) is 0 Å². The van der Waals surface area contributed by atoms with Crippen LogP contribution in [0.25, 0.3) is 10.9 Å². The van der Waals surface area contributed by atoms with Crippen molar-refractivity contribution in [1.82, 2.24) is 14.8 Å². The molecule has 1 aliphatic heterocycles. The number of anilines is 1. The third-order valence-corrected chi connectivity index (χ3v) is 8.14. The van der Waals surface area contributed by atoms with E-state index in [1.165, 1.54) is 12.1 Å². The zero-order valence-electron chi connectivity index (χ0n) is 23.2. The number of nitrogens with zero attached hydrogens (tertiary/aromatic N) is 4. The third kappa shape index (κ3) is 7.29. The topological polar surface area (TPSA) is 109 Å². The van der Waals surface area contributed by atoms with Crippen LogP contribution in [0.2, 0.25) is 0 Å². The molecule has 0 radical (unpaired) electrons. The summed E-state index contributed by atoms with van der Waals surface area (Å²) in [7, 11) is 0. The van der Waals surface area contributed by atoms with Crippen LogP contribution in [-0.2, 0) is 29.2 Å². The maximum absolute atomic E-state index is 13.2. The average molecular weight is 592 g/mol. The highest BCUT2D eigenvalue weighted by Gasteiger charge is 2.31. The molecule has 2 heterocycles. The second-order valence-corrected chi connectivity index (χ2v) is 11.2. The molecule has 0 saturated carbocycles. The van der Waals surface area contributed by atoms with Crippen LogP contribution in [0, 0.1) is 12.7 Å². The zero-order valence-corrected chi connectivity index (χ0v) is 24.0. The number of hydrogen-bond donors (Lipinski definition) is 1. The van der Waals surface area contributed by atoms with Gasteiger partial charge >= 0.3 is 5.97 Å². The fraction of sp³-hybridized carbons (Fsp3) is 0.290. The summed E-state index contributed by atoms with van der Waals surface area (Å²) < 4.78 is 44.7. The Bertz CT molecular complexity index is 1550. The largest absolute Gasteiger partial charge is 0.755 e. The molecule has 220 valence electrons. The van der Waals surface area contributed by atoms with Crippen LogP contribution in [0.4, 0.5) is 10.1 Å². The summed E-state index contributed by atoms with van der Waals surface area (Å²) in [5.41, 5.74) is 4.10. The second-order valence-electron chi connectivity index (χ2n) is 10.3. The van der Waals surface area contributed by atoms with Gasteiger partial charge in [0, 0.05) is 66.3 Å². The molecule has 1 N–H and O–H groups in total. The normalized spacial score (nSPS) is 15.8. The highest BCUT2D eigenvalue weighted by atomic mass is 32.2. The minimum atomic E-state index is -2.69. The first-order valence-corrected chi connectivity index (χ1v) is 14.7. The fourth-order valence-corrected chi connectivity index (χ4v) is 5.78. The molecule has 2 unspecified atom stereocenters. The molecule has 1 aromatic heterocycles. The van der Waals surface area contributed by atoms with E-state index in [9.17, 15) is 23.1 Å². The lowest BCUT2D eigenvalue weighted by Crippen LogP contribution is -2.56. The Morgan fingerprint density at radius 3 is 2.43 bits per heavy atom. The van der Waals surface area contributed by atoms with Crippen LogP contribution in [0.1, 0.15) is 16.8 Å². The third-order valence-electron chi connectivity index (χ3n) is 7.42. The van der Waals surface area contributed by atoms with Gasteiger partial charge in [-0.3, -0.25) is 23.8 Å². The molecule has 1 aliphatic rings. The van der Waals surface area contributed by atoms with E-state index in [4.69, 9.17) is 4.74 Å². The predicted molar refractivity (Wildman–Crippen MR) is 158 cm³/mol. The molecule has 2 atom stereocenters. The van der Waals surface area contributed by atoms with Gasteiger partial charge in [-0.1, -0.05) is 30.3 Å². The number of hydrogen-bond acceptors (Lipinski definition) is 7. The maximum Gasteiger partial charge on any atom is 0.322 e. The average Bonchev–Trinajstić information content (AvgIpc) is 2.98. The number of benzene rings is 3. The summed E-state index contributed by atoms with van der Waals surface area (Å²) in [5, 5.41) is 11.0. The Morgan fingerprint density at radius 1 is 1.07 bits per heavy atom. The number of fused-ring (bicyclic) bond motifs is 1. The van der Waals surface area contributed by atoms with Crippen molar-refractivity contribution >= 4 is 33.8 Å². The minimum absolute atomic E-state index is 0.230. The van der Waals surface area contributed by atoms with E-state index in [1.807, 2.05) is 37.3 Å². The van der Waals surface area contributed by atoms with Gasteiger partial charge < -0.3 is 18.7 Å². The highest BCUT2D eigenvalue weighted by molar-refractivity contribution is 7.80. The number of rotatable bonds is 11. The van der Waals surface area contributed by atoms with Crippen molar-refractivity contribution in [3.63, 3.8) is 0 Å². The summed E-state index contributed by atoms with van der Waals surface area (Å²) >= 11 is -2.69. The molecule has 1 saturated heterocycles. The molecular weight excluding hydrogens is 559 g/mol. The standard InChI is InChI=1S/C31H33FN4O5S/c1-22-18-24(28-4-2-3-5-29(28)33-22)21-41-27-12-10-26(11-13-27)36(42(39)40)20-30(31(37)38)35-16-14-34(15-17-35)19-23-6-8-25(32)9-7-23/h2-13,18,30H,14-17,19-21H2,1H3,(H,37,38)(H,39,40)/p-1. The van der Waals surface area contributed by atoms with Crippen molar-refractivity contribution in [1.29, 1.82) is 0 Å². The van der Waals surface area contributed by atoms with E-state index in [1.54, 1.807) is 41.3 Å². The number of aromatic nitrogens is 1. The summed E-state index contributed by atoms with van der Waals surface area (Å²) in [6.45, 7) is 4.80. The minimum Gasteiger partial charge on any atom is -0.755 e. The van der Waals surface area contributed by atoms with Gasteiger partial charge in [-0.25, -0.2) is 4.39 Å². The quantitative estimate of drug-likeness (QED) is 0.260. The zero-order chi connectivity index (χ0) is 29.6.